The quantitative estimate of drug-likeness (QED) is 0.466. The molecule has 154 valence electrons. The van der Waals surface area contributed by atoms with Crippen molar-refractivity contribution in [3.63, 3.8) is 0 Å². The maximum absolute atomic E-state index is 12.6. The Morgan fingerprint density at radius 1 is 1.23 bits per heavy atom. The molecule has 0 saturated carbocycles. The van der Waals surface area contributed by atoms with E-state index in [1.165, 1.54) is 12.1 Å². The molecule has 9 heteroatoms. The lowest BCUT2D eigenvalue weighted by Crippen LogP contribution is -2.23. The number of non-ortho nitro benzene ring substituents is 1. The number of furan rings is 2. The van der Waals surface area contributed by atoms with Crippen LogP contribution in [-0.2, 0) is 13.0 Å². The van der Waals surface area contributed by atoms with Crippen LogP contribution in [0.5, 0.6) is 0 Å². The van der Waals surface area contributed by atoms with E-state index in [1.54, 1.807) is 30.5 Å². The summed E-state index contributed by atoms with van der Waals surface area (Å²) in [5, 5.41) is 18.1. The number of hydrogen-bond donors (Lipinski definition) is 2. The van der Waals surface area contributed by atoms with Crippen LogP contribution in [0.4, 0.5) is 11.4 Å². The maximum atomic E-state index is 12.6. The number of nitro benzene ring substituents is 1. The van der Waals surface area contributed by atoms with Crippen LogP contribution in [0.2, 0.25) is 0 Å². The van der Waals surface area contributed by atoms with Gasteiger partial charge in [0.25, 0.3) is 11.6 Å². The lowest BCUT2D eigenvalue weighted by molar-refractivity contribution is -0.384. The Hall–Kier alpha value is -3.88. The number of carbonyl (C=O) groups is 1. The molecular formula is C21H20N4O5. The molecule has 9 nitrogen and oxygen atoms in total. The van der Waals surface area contributed by atoms with Crippen molar-refractivity contribution in [3.05, 3.63) is 81.2 Å². The number of anilines is 1. The van der Waals surface area contributed by atoms with Crippen LogP contribution in [0.15, 0.2) is 56.6 Å². The summed E-state index contributed by atoms with van der Waals surface area (Å²) < 4.78 is 11.1. The Morgan fingerprint density at radius 3 is 2.73 bits per heavy atom. The largest absolute Gasteiger partial charge is 0.467 e. The smallest absolute Gasteiger partial charge is 0.287 e. The van der Waals surface area contributed by atoms with E-state index in [4.69, 9.17) is 8.83 Å². The first-order valence-corrected chi connectivity index (χ1v) is 9.53. The highest BCUT2D eigenvalue weighted by molar-refractivity contribution is 6.06. The zero-order valence-electron chi connectivity index (χ0n) is 16.3. The van der Waals surface area contributed by atoms with Crippen molar-refractivity contribution in [3.8, 4) is 0 Å². The van der Waals surface area contributed by atoms with Gasteiger partial charge in [-0.25, -0.2) is 0 Å². The number of aryl methyl sites for hydroxylation is 1. The third kappa shape index (κ3) is 3.95. The van der Waals surface area contributed by atoms with Crippen molar-refractivity contribution in [2.24, 2.45) is 5.10 Å². The van der Waals surface area contributed by atoms with Gasteiger partial charge in [-0.2, -0.15) is 5.10 Å². The topological polar surface area (TPSA) is 123 Å². The Bertz CT molecular complexity index is 1100. The number of hydrogen-bond acceptors (Lipinski definition) is 7. The molecule has 1 amide bonds. The number of rotatable bonds is 6. The number of fused-ring (bicyclic) bond motifs is 1. The van der Waals surface area contributed by atoms with Crippen LogP contribution >= 0.6 is 0 Å². The second-order valence-electron chi connectivity index (χ2n) is 6.94. The Kier molecular flexibility index (Phi) is 5.34. The van der Waals surface area contributed by atoms with E-state index in [-0.39, 0.29) is 23.9 Å². The first kappa shape index (κ1) is 19.4. The number of benzene rings is 1. The van der Waals surface area contributed by atoms with E-state index in [0.717, 1.165) is 41.9 Å². The number of hydrazone groups is 1. The molecular weight excluding hydrogens is 388 g/mol. The van der Waals surface area contributed by atoms with Crippen molar-refractivity contribution < 1.29 is 18.6 Å². The summed E-state index contributed by atoms with van der Waals surface area (Å²) in [6.07, 6.45) is 3.88. The molecule has 4 rings (SSSR count). The summed E-state index contributed by atoms with van der Waals surface area (Å²) in [4.78, 5) is 22.9. The van der Waals surface area contributed by atoms with Crippen molar-refractivity contribution in [2.75, 3.05) is 5.43 Å². The summed E-state index contributed by atoms with van der Waals surface area (Å²) >= 11 is 0. The molecule has 1 aliphatic rings. The second-order valence-corrected chi connectivity index (χ2v) is 6.94. The van der Waals surface area contributed by atoms with Gasteiger partial charge in [0.2, 0.25) is 0 Å². The van der Waals surface area contributed by atoms with Crippen LogP contribution in [0, 0.1) is 17.0 Å². The molecule has 0 fully saturated rings. The van der Waals surface area contributed by atoms with E-state index < -0.39 is 4.92 Å². The van der Waals surface area contributed by atoms with Gasteiger partial charge in [-0.15, -0.1) is 0 Å². The average molecular weight is 408 g/mol. The molecule has 30 heavy (non-hydrogen) atoms. The molecule has 0 spiro atoms. The lowest BCUT2D eigenvalue weighted by atomic mass is 9.93. The summed E-state index contributed by atoms with van der Waals surface area (Å²) in [5.41, 5.74) is 5.98. The van der Waals surface area contributed by atoms with Crippen molar-refractivity contribution in [2.45, 2.75) is 32.7 Å². The molecule has 0 atom stereocenters. The minimum atomic E-state index is -0.448. The summed E-state index contributed by atoms with van der Waals surface area (Å²) in [7, 11) is 0. The number of carbonyl (C=O) groups excluding carboxylic acids is 1. The van der Waals surface area contributed by atoms with Gasteiger partial charge in [0.15, 0.2) is 5.76 Å². The van der Waals surface area contributed by atoms with Crippen molar-refractivity contribution in [1.29, 1.82) is 0 Å². The van der Waals surface area contributed by atoms with Crippen LogP contribution in [-0.4, -0.2) is 16.5 Å². The van der Waals surface area contributed by atoms with Gasteiger partial charge in [0.1, 0.15) is 11.5 Å². The van der Waals surface area contributed by atoms with Crippen molar-refractivity contribution in [1.82, 2.24) is 5.32 Å². The monoisotopic (exact) mass is 408 g/mol. The fourth-order valence-electron chi connectivity index (χ4n) is 3.45. The highest BCUT2D eigenvalue weighted by atomic mass is 16.6. The molecule has 2 heterocycles. The molecule has 0 unspecified atom stereocenters. The Morgan fingerprint density at radius 2 is 2.03 bits per heavy atom. The third-order valence-corrected chi connectivity index (χ3v) is 4.93. The predicted molar refractivity (Wildman–Crippen MR) is 110 cm³/mol. The van der Waals surface area contributed by atoms with Crippen molar-refractivity contribution >= 4 is 23.0 Å². The average Bonchev–Trinajstić information content (AvgIpc) is 3.39. The van der Waals surface area contributed by atoms with E-state index >= 15 is 0 Å². The SMILES string of the molecule is Cc1c(C(=O)NCc2ccco2)oc2c1/C(=N/Nc1ccc([N+](=O)[O-])cc1)CCC2. The second kappa shape index (κ2) is 8.24. The third-order valence-electron chi connectivity index (χ3n) is 4.93. The van der Waals surface area contributed by atoms with Crippen LogP contribution in [0.3, 0.4) is 0 Å². The van der Waals surface area contributed by atoms with Crippen LogP contribution in [0.1, 0.15) is 46.0 Å². The molecule has 2 aromatic heterocycles. The molecule has 1 aromatic carbocycles. The molecule has 2 N–H and O–H groups in total. The maximum Gasteiger partial charge on any atom is 0.287 e. The molecule has 3 aromatic rings. The zero-order valence-corrected chi connectivity index (χ0v) is 16.3. The first-order chi connectivity index (χ1) is 14.5. The van der Waals surface area contributed by atoms with Gasteiger partial charge in [0, 0.05) is 29.7 Å². The Labute approximate surface area is 171 Å². The number of nitro groups is 1. The van der Waals surface area contributed by atoms with E-state index in [2.05, 4.69) is 15.8 Å². The van der Waals surface area contributed by atoms with E-state index in [9.17, 15) is 14.9 Å². The molecule has 0 aliphatic heterocycles. The van der Waals surface area contributed by atoms with Crippen LogP contribution in [0.25, 0.3) is 0 Å². The number of nitrogens with zero attached hydrogens (tertiary/aromatic N) is 2. The fourth-order valence-corrected chi connectivity index (χ4v) is 3.45. The number of amides is 1. The van der Waals surface area contributed by atoms with E-state index in [1.807, 2.05) is 6.92 Å². The van der Waals surface area contributed by atoms with Gasteiger partial charge in [-0.1, -0.05) is 0 Å². The minimum Gasteiger partial charge on any atom is -0.467 e. The van der Waals surface area contributed by atoms with Gasteiger partial charge in [0.05, 0.1) is 29.1 Å². The summed E-state index contributed by atoms with van der Waals surface area (Å²) in [6, 6.07) is 9.58. The van der Waals surface area contributed by atoms with Gasteiger partial charge in [-0.3, -0.25) is 20.3 Å². The standard InChI is InChI=1S/C21H20N4O5/c1-13-19-17(24-23-14-7-9-15(10-8-14)25(27)28)5-2-6-18(19)30-20(13)21(26)22-12-16-4-3-11-29-16/h3-4,7-11,23H,2,5-6,12H2,1H3,(H,22,26)/b24-17+. The lowest BCUT2D eigenvalue weighted by Gasteiger charge is -2.13. The normalized spacial score (nSPS) is 14.4. The number of nitrogens with one attached hydrogen (secondary N) is 2. The molecule has 0 saturated heterocycles. The summed E-state index contributed by atoms with van der Waals surface area (Å²) in [6.45, 7) is 2.12. The highest BCUT2D eigenvalue weighted by Crippen LogP contribution is 2.30. The molecule has 0 bridgehead atoms. The summed E-state index contributed by atoms with van der Waals surface area (Å²) in [5.74, 6) is 1.37. The Balaban J connectivity index is 1.52. The fraction of sp³-hybridized carbons (Fsp3) is 0.238. The van der Waals surface area contributed by atoms with Gasteiger partial charge in [-0.05, 0) is 44.0 Å². The van der Waals surface area contributed by atoms with Crippen LogP contribution < -0.4 is 10.7 Å². The van der Waals surface area contributed by atoms with E-state index in [0.29, 0.717) is 11.4 Å². The first-order valence-electron chi connectivity index (χ1n) is 9.53. The van der Waals surface area contributed by atoms with Gasteiger partial charge < -0.3 is 14.2 Å². The molecule has 0 radical (unpaired) electrons. The van der Waals surface area contributed by atoms with Gasteiger partial charge >= 0.3 is 0 Å². The molecule has 1 aliphatic carbocycles. The predicted octanol–water partition coefficient (Wildman–Crippen LogP) is 4.17. The minimum absolute atomic E-state index is 0.0176. The highest BCUT2D eigenvalue weighted by Gasteiger charge is 2.28. The zero-order chi connectivity index (χ0) is 21.1.